The largest absolute Gasteiger partial charge is 0.244 e. The molecule has 0 radical (unpaired) electrons. The van der Waals surface area contributed by atoms with Crippen LogP contribution in [0.3, 0.4) is 0 Å². The first-order chi connectivity index (χ1) is 8.86. The van der Waals surface area contributed by atoms with E-state index in [1.54, 1.807) is 22.7 Å². The quantitative estimate of drug-likeness (QED) is 0.690. The fraction of sp³-hybridized carbons (Fsp3) is 0. The van der Waals surface area contributed by atoms with Crippen molar-refractivity contribution in [1.29, 1.82) is 5.26 Å². The van der Waals surface area contributed by atoms with E-state index in [2.05, 4.69) is 22.5 Å². The average molecular weight is 268 g/mol. The average Bonchev–Trinajstić information content (AvgIpc) is 3.09. The Hall–Kier alpha value is -1.96. The van der Waals surface area contributed by atoms with E-state index in [0.29, 0.717) is 5.56 Å². The van der Waals surface area contributed by atoms with Gasteiger partial charge in [0.25, 0.3) is 0 Å². The summed E-state index contributed by atoms with van der Waals surface area (Å²) in [6.07, 6.45) is 1.91. The zero-order valence-electron chi connectivity index (χ0n) is 9.33. The van der Waals surface area contributed by atoms with Crippen molar-refractivity contribution in [2.75, 3.05) is 0 Å². The van der Waals surface area contributed by atoms with Gasteiger partial charge in [0.1, 0.15) is 5.01 Å². The molecule has 2 aromatic heterocycles. The second kappa shape index (κ2) is 4.73. The zero-order valence-corrected chi connectivity index (χ0v) is 11.0. The van der Waals surface area contributed by atoms with Crippen molar-refractivity contribution in [3.05, 3.63) is 53.5 Å². The van der Waals surface area contributed by atoms with Crippen LogP contribution in [-0.2, 0) is 0 Å². The maximum absolute atomic E-state index is 8.77. The molecule has 2 nitrogen and oxygen atoms in total. The molecular formula is C14H8N2S2. The lowest BCUT2D eigenvalue weighted by atomic mass is 10.1. The van der Waals surface area contributed by atoms with Crippen LogP contribution in [-0.4, -0.2) is 4.98 Å². The number of benzene rings is 1. The molecule has 3 aromatic rings. The summed E-state index contributed by atoms with van der Waals surface area (Å²) in [6, 6.07) is 13.8. The van der Waals surface area contributed by atoms with Crippen LogP contribution in [0.5, 0.6) is 0 Å². The van der Waals surface area contributed by atoms with Gasteiger partial charge in [-0.3, -0.25) is 0 Å². The summed E-state index contributed by atoms with van der Waals surface area (Å²) >= 11 is 3.39. The standard InChI is InChI=1S/C14H8N2S2/c15-8-10-3-5-11(6-4-10)14-16-9-13(18-14)12-2-1-7-17-12/h1-7,9H. The Morgan fingerprint density at radius 3 is 2.56 bits per heavy atom. The first-order valence-corrected chi connectivity index (χ1v) is 7.07. The smallest absolute Gasteiger partial charge is 0.123 e. The number of hydrogen-bond donors (Lipinski definition) is 0. The van der Waals surface area contributed by atoms with Gasteiger partial charge in [-0.25, -0.2) is 4.98 Å². The topological polar surface area (TPSA) is 36.7 Å². The molecule has 86 valence electrons. The Morgan fingerprint density at radius 2 is 1.89 bits per heavy atom. The highest BCUT2D eigenvalue weighted by Crippen LogP contribution is 2.34. The van der Waals surface area contributed by atoms with Gasteiger partial charge >= 0.3 is 0 Å². The van der Waals surface area contributed by atoms with Crippen LogP contribution < -0.4 is 0 Å². The van der Waals surface area contributed by atoms with Gasteiger partial charge in [0.2, 0.25) is 0 Å². The second-order valence-electron chi connectivity index (χ2n) is 3.70. The Balaban J connectivity index is 1.95. The minimum absolute atomic E-state index is 0.675. The molecule has 4 heteroatoms. The van der Waals surface area contributed by atoms with Crippen LogP contribution in [0, 0.1) is 11.3 Å². The Labute approximate surface area is 113 Å². The van der Waals surface area contributed by atoms with E-state index >= 15 is 0 Å². The molecule has 0 spiro atoms. The van der Waals surface area contributed by atoms with E-state index in [0.717, 1.165) is 10.6 Å². The third kappa shape index (κ3) is 2.06. The number of thiazole rings is 1. The van der Waals surface area contributed by atoms with Crippen molar-refractivity contribution >= 4 is 22.7 Å². The van der Waals surface area contributed by atoms with E-state index in [1.165, 1.54) is 9.75 Å². The molecule has 3 rings (SSSR count). The van der Waals surface area contributed by atoms with E-state index in [1.807, 2.05) is 36.5 Å². The maximum atomic E-state index is 8.77. The Kier molecular flexibility index (Phi) is 2.93. The molecule has 0 saturated carbocycles. The van der Waals surface area contributed by atoms with Crippen LogP contribution in [0.15, 0.2) is 48.0 Å². The highest BCUT2D eigenvalue weighted by molar-refractivity contribution is 7.22. The van der Waals surface area contributed by atoms with E-state index in [-0.39, 0.29) is 0 Å². The minimum Gasteiger partial charge on any atom is -0.244 e. The maximum Gasteiger partial charge on any atom is 0.123 e. The minimum atomic E-state index is 0.675. The first kappa shape index (κ1) is 11.1. The van der Waals surface area contributed by atoms with Crippen molar-refractivity contribution in [1.82, 2.24) is 4.98 Å². The molecule has 0 unspecified atom stereocenters. The molecule has 2 heterocycles. The number of aromatic nitrogens is 1. The van der Waals surface area contributed by atoms with Gasteiger partial charge < -0.3 is 0 Å². The highest BCUT2D eigenvalue weighted by atomic mass is 32.1. The van der Waals surface area contributed by atoms with Crippen molar-refractivity contribution in [2.45, 2.75) is 0 Å². The molecule has 0 N–H and O–H groups in total. The van der Waals surface area contributed by atoms with Gasteiger partial charge in [0.05, 0.1) is 16.5 Å². The monoisotopic (exact) mass is 268 g/mol. The summed E-state index contributed by atoms with van der Waals surface area (Å²) in [5.41, 5.74) is 1.73. The molecule has 18 heavy (non-hydrogen) atoms. The lowest BCUT2D eigenvalue weighted by molar-refractivity contribution is 1.41. The molecule has 1 aromatic carbocycles. The summed E-state index contributed by atoms with van der Waals surface area (Å²) in [6.45, 7) is 0. The third-order valence-electron chi connectivity index (χ3n) is 2.53. The van der Waals surface area contributed by atoms with Crippen LogP contribution in [0.1, 0.15) is 5.56 Å². The Bertz CT molecular complexity index is 688. The molecule has 0 aliphatic heterocycles. The SMILES string of the molecule is N#Cc1ccc(-c2ncc(-c3cccs3)s2)cc1. The zero-order chi connectivity index (χ0) is 12.4. The number of nitriles is 1. The van der Waals surface area contributed by atoms with Crippen molar-refractivity contribution in [3.63, 3.8) is 0 Å². The predicted molar refractivity (Wildman–Crippen MR) is 75.6 cm³/mol. The summed E-state index contributed by atoms with van der Waals surface area (Å²) < 4.78 is 0. The van der Waals surface area contributed by atoms with Crippen molar-refractivity contribution < 1.29 is 0 Å². The molecule has 0 saturated heterocycles. The number of hydrogen-bond acceptors (Lipinski definition) is 4. The molecule has 0 amide bonds. The fourth-order valence-corrected chi connectivity index (χ4v) is 3.37. The van der Waals surface area contributed by atoms with Gasteiger partial charge in [0.15, 0.2) is 0 Å². The van der Waals surface area contributed by atoms with Crippen LogP contribution in [0.25, 0.3) is 20.3 Å². The summed E-state index contributed by atoms with van der Waals surface area (Å²) in [5, 5.41) is 11.8. The normalized spacial score (nSPS) is 10.2. The van der Waals surface area contributed by atoms with Crippen LogP contribution >= 0.6 is 22.7 Å². The van der Waals surface area contributed by atoms with Gasteiger partial charge in [-0.1, -0.05) is 18.2 Å². The molecule has 0 atom stereocenters. The predicted octanol–water partition coefficient (Wildman–Crippen LogP) is 4.41. The van der Waals surface area contributed by atoms with Gasteiger partial charge in [-0.2, -0.15) is 5.26 Å². The third-order valence-corrected chi connectivity index (χ3v) is 4.64. The summed E-state index contributed by atoms with van der Waals surface area (Å²) in [7, 11) is 0. The van der Waals surface area contributed by atoms with Crippen molar-refractivity contribution in [3.8, 4) is 26.4 Å². The highest BCUT2D eigenvalue weighted by Gasteiger charge is 2.07. The lowest BCUT2D eigenvalue weighted by Crippen LogP contribution is -1.76. The fourth-order valence-electron chi connectivity index (χ4n) is 1.63. The molecule has 0 aliphatic carbocycles. The Morgan fingerprint density at radius 1 is 1.06 bits per heavy atom. The van der Waals surface area contributed by atoms with Gasteiger partial charge in [-0.05, 0) is 23.6 Å². The molecule has 0 bridgehead atoms. The molecule has 0 aliphatic rings. The number of nitrogens with zero attached hydrogens (tertiary/aromatic N) is 2. The van der Waals surface area contributed by atoms with Crippen molar-refractivity contribution in [2.24, 2.45) is 0 Å². The van der Waals surface area contributed by atoms with Crippen LogP contribution in [0.4, 0.5) is 0 Å². The second-order valence-corrected chi connectivity index (χ2v) is 5.67. The lowest BCUT2D eigenvalue weighted by Gasteiger charge is -1.95. The first-order valence-electron chi connectivity index (χ1n) is 5.37. The molecule has 0 fully saturated rings. The van der Waals surface area contributed by atoms with E-state index in [9.17, 15) is 0 Å². The van der Waals surface area contributed by atoms with Gasteiger partial charge in [0, 0.05) is 16.6 Å². The molecular weight excluding hydrogens is 260 g/mol. The van der Waals surface area contributed by atoms with Gasteiger partial charge in [-0.15, -0.1) is 22.7 Å². The number of thiophene rings is 1. The van der Waals surface area contributed by atoms with Crippen LogP contribution in [0.2, 0.25) is 0 Å². The van der Waals surface area contributed by atoms with E-state index < -0.39 is 0 Å². The summed E-state index contributed by atoms with van der Waals surface area (Å²) in [4.78, 5) is 6.87. The number of rotatable bonds is 2. The summed E-state index contributed by atoms with van der Waals surface area (Å²) in [5.74, 6) is 0. The van der Waals surface area contributed by atoms with E-state index in [4.69, 9.17) is 5.26 Å².